The van der Waals surface area contributed by atoms with Gasteiger partial charge in [-0.2, -0.15) is 0 Å². The van der Waals surface area contributed by atoms with E-state index in [2.05, 4.69) is 4.98 Å². The fraction of sp³-hybridized carbons (Fsp3) is 0.0870. The average Bonchev–Trinajstić information content (AvgIpc) is 3.47. The fourth-order valence-electron chi connectivity index (χ4n) is 3.63. The average molecular weight is 451 g/mol. The van der Waals surface area contributed by atoms with Crippen molar-refractivity contribution in [3.8, 4) is 0 Å². The minimum absolute atomic E-state index is 0.0329. The lowest BCUT2D eigenvalue weighted by Crippen LogP contribution is -2.28. The molecule has 1 saturated heterocycles. The summed E-state index contributed by atoms with van der Waals surface area (Å²) in [4.78, 5) is 32.8. The number of thiophene rings is 1. The van der Waals surface area contributed by atoms with Gasteiger partial charge in [-0.25, -0.2) is 9.37 Å². The second-order valence-corrected chi connectivity index (χ2v) is 9.15. The number of aryl methyl sites for hydroxylation is 1. The highest BCUT2D eigenvalue weighted by molar-refractivity contribution is 7.22. The summed E-state index contributed by atoms with van der Waals surface area (Å²) in [6.07, 6.45) is 0. The van der Waals surface area contributed by atoms with Gasteiger partial charge >= 0.3 is 5.91 Å². The number of carbonyl (C=O) groups is 2. The minimum atomic E-state index is -0.813. The van der Waals surface area contributed by atoms with Gasteiger partial charge in [0.25, 0.3) is 5.78 Å². The summed E-state index contributed by atoms with van der Waals surface area (Å²) in [5.74, 6) is -2.35. The smallest absolute Gasteiger partial charge is 0.301 e. The van der Waals surface area contributed by atoms with E-state index in [4.69, 9.17) is 0 Å². The summed E-state index contributed by atoms with van der Waals surface area (Å²) in [6.45, 7) is 1.97. The molecule has 0 saturated carbocycles. The molecule has 0 bridgehead atoms. The molecular weight excluding hydrogens is 435 g/mol. The molecule has 5 rings (SSSR count). The number of rotatable bonds is 3. The van der Waals surface area contributed by atoms with Crippen LogP contribution in [0, 0.1) is 12.7 Å². The summed E-state index contributed by atoms with van der Waals surface area (Å²) in [7, 11) is 0. The van der Waals surface area contributed by atoms with Crippen molar-refractivity contribution in [1.82, 2.24) is 4.98 Å². The Morgan fingerprint density at radius 1 is 1.13 bits per heavy atom. The maximum absolute atomic E-state index is 13.3. The second-order valence-electron chi connectivity index (χ2n) is 7.16. The van der Waals surface area contributed by atoms with E-state index >= 15 is 0 Å². The topological polar surface area (TPSA) is 70.5 Å². The van der Waals surface area contributed by atoms with Crippen LogP contribution in [0.25, 0.3) is 16.0 Å². The molecule has 2 aromatic heterocycles. The number of nitrogens with zero attached hydrogens (tertiary/aromatic N) is 2. The maximum Gasteiger partial charge on any atom is 0.301 e. The number of Topliss-reactive ketones (excluding diaryl/α,β-unsaturated/α-hetero) is 1. The number of hydrogen-bond acceptors (Lipinski definition) is 6. The van der Waals surface area contributed by atoms with E-state index in [0.29, 0.717) is 5.13 Å². The lowest BCUT2D eigenvalue weighted by atomic mass is 10.00. The van der Waals surface area contributed by atoms with Gasteiger partial charge in [-0.15, -0.1) is 11.3 Å². The summed E-state index contributed by atoms with van der Waals surface area (Å²) in [6, 6.07) is 13.8. The van der Waals surface area contributed by atoms with E-state index in [-0.39, 0.29) is 16.9 Å². The molecule has 5 nitrogen and oxygen atoms in total. The van der Waals surface area contributed by atoms with Crippen molar-refractivity contribution in [2.75, 3.05) is 4.90 Å². The van der Waals surface area contributed by atoms with Crippen molar-refractivity contribution >= 4 is 55.5 Å². The quantitative estimate of drug-likeness (QED) is 0.257. The van der Waals surface area contributed by atoms with Gasteiger partial charge in [0.1, 0.15) is 17.6 Å². The van der Waals surface area contributed by atoms with Crippen LogP contribution in [0.1, 0.15) is 22.0 Å². The Bertz CT molecular complexity index is 1360. The molecule has 1 N–H and O–H groups in total. The standard InChI is InChI=1S/C23H15FN2O3S2/c1-12-4-9-15-17(11-12)31-23(25-15)26-19(16-3-2-10-30-16)18(21(28)22(26)29)20(27)13-5-7-14(24)8-6-13/h2-11,19,27H,1H3/b20-18+. The highest BCUT2D eigenvalue weighted by atomic mass is 32.1. The van der Waals surface area contributed by atoms with Crippen LogP contribution in [0.2, 0.25) is 0 Å². The van der Waals surface area contributed by atoms with Crippen LogP contribution in [-0.2, 0) is 9.59 Å². The molecule has 0 aliphatic carbocycles. The van der Waals surface area contributed by atoms with Crippen LogP contribution in [0.5, 0.6) is 0 Å². The van der Waals surface area contributed by atoms with E-state index in [1.165, 1.54) is 51.8 Å². The molecule has 1 fully saturated rings. The SMILES string of the molecule is Cc1ccc2nc(N3C(=O)C(=O)/C(=C(/O)c4ccc(F)cc4)C3c3cccs3)sc2c1. The van der Waals surface area contributed by atoms with Crippen LogP contribution >= 0.6 is 22.7 Å². The molecule has 0 spiro atoms. The first-order valence-electron chi connectivity index (χ1n) is 9.41. The van der Waals surface area contributed by atoms with Crippen molar-refractivity contribution in [1.29, 1.82) is 0 Å². The van der Waals surface area contributed by atoms with Crippen molar-refractivity contribution in [2.24, 2.45) is 0 Å². The highest BCUT2D eigenvalue weighted by Gasteiger charge is 2.48. The van der Waals surface area contributed by atoms with Crippen molar-refractivity contribution in [2.45, 2.75) is 13.0 Å². The van der Waals surface area contributed by atoms with E-state index in [1.54, 1.807) is 0 Å². The summed E-state index contributed by atoms with van der Waals surface area (Å²) in [5, 5.41) is 13.2. The van der Waals surface area contributed by atoms with Crippen LogP contribution in [0.15, 0.2) is 65.6 Å². The zero-order valence-corrected chi connectivity index (χ0v) is 17.8. The Morgan fingerprint density at radius 3 is 2.61 bits per heavy atom. The number of aromatic nitrogens is 1. The Labute approximate surface area is 184 Å². The van der Waals surface area contributed by atoms with Crippen LogP contribution in [0.3, 0.4) is 0 Å². The number of amides is 1. The third-order valence-electron chi connectivity index (χ3n) is 5.11. The van der Waals surface area contributed by atoms with Crippen LogP contribution in [0.4, 0.5) is 9.52 Å². The monoisotopic (exact) mass is 450 g/mol. The maximum atomic E-state index is 13.3. The summed E-state index contributed by atoms with van der Waals surface area (Å²) >= 11 is 2.70. The first-order chi connectivity index (χ1) is 14.9. The van der Waals surface area contributed by atoms with Gasteiger partial charge in [0, 0.05) is 10.4 Å². The predicted octanol–water partition coefficient (Wildman–Crippen LogP) is 5.43. The number of aliphatic hydroxyl groups is 1. The van der Waals surface area contributed by atoms with E-state index in [1.807, 2.05) is 42.6 Å². The van der Waals surface area contributed by atoms with Crippen LogP contribution < -0.4 is 4.90 Å². The molecule has 8 heteroatoms. The largest absolute Gasteiger partial charge is 0.507 e. The molecule has 1 aliphatic rings. The molecule has 0 radical (unpaired) electrons. The van der Waals surface area contributed by atoms with Crippen molar-refractivity contribution < 1.29 is 19.1 Å². The number of halogens is 1. The number of ketones is 1. The number of anilines is 1. The fourth-order valence-corrected chi connectivity index (χ4v) is 5.55. The molecule has 4 aromatic rings. The third-order valence-corrected chi connectivity index (χ3v) is 7.06. The molecule has 2 aromatic carbocycles. The predicted molar refractivity (Wildman–Crippen MR) is 120 cm³/mol. The number of fused-ring (bicyclic) bond motifs is 1. The molecule has 154 valence electrons. The molecular formula is C23H15FN2O3S2. The molecule has 1 atom stereocenters. The Morgan fingerprint density at radius 2 is 1.90 bits per heavy atom. The zero-order chi connectivity index (χ0) is 21.7. The van der Waals surface area contributed by atoms with Gasteiger partial charge in [0.15, 0.2) is 5.13 Å². The Kier molecular flexibility index (Phi) is 4.68. The zero-order valence-electron chi connectivity index (χ0n) is 16.2. The van der Waals surface area contributed by atoms with E-state index < -0.39 is 23.5 Å². The number of carbonyl (C=O) groups excluding carboxylic acids is 2. The minimum Gasteiger partial charge on any atom is -0.507 e. The van der Waals surface area contributed by atoms with E-state index in [0.717, 1.165) is 20.7 Å². The number of hydrogen-bond donors (Lipinski definition) is 1. The second kappa shape index (κ2) is 7.40. The van der Waals surface area contributed by atoms with Gasteiger partial charge in [-0.3, -0.25) is 14.5 Å². The Balaban J connectivity index is 1.71. The first kappa shape index (κ1) is 19.6. The lowest BCUT2D eigenvalue weighted by Gasteiger charge is -2.21. The normalized spacial score (nSPS) is 18.3. The van der Waals surface area contributed by atoms with E-state index in [9.17, 15) is 19.1 Å². The summed E-state index contributed by atoms with van der Waals surface area (Å²) in [5.41, 5.74) is 2.03. The molecule has 1 amide bonds. The Hall–Kier alpha value is -3.36. The van der Waals surface area contributed by atoms with Gasteiger partial charge in [0.05, 0.1) is 15.8 Å². The van der Waals surface area contributed by atoms with Gasteiger partial charge in [0.2, 0.25) is 0 Å². The highest BCUT2D eigenvalue weighted by Crippen LogP contribution is 2.45. The van der Waals surface area contributed by atoms with Gasteiger partial charge < -0.3 is 5.11 Å². The van der Waals surface area contributed by atoms with Gasteiger partial charge in [-0.05, 0) is 60.3 Å². The molecule has 1 aliphatic heterocycles. The number of aliphatic hydroxyl groups excluding tert-OH is 1. The lowest BCUT2D eigenvalue weighted by molar-refractivity contribution is -0.132. The van der Waals surface area contributed by atoms with Crippen LogP contribution in [-0.4, -0.2) is 21.8 Å². The first-order valence-corrected chi connectivity index (χ1v) is 11.1. The van der Waals surface area contributed by atoms with Gasteiger partial charge in [-0.1, -0.05) is 23.5 Å². The third kappa shape index (κ3) is 3.24. The molecule has 1 unspecified atom stereocenters. The number of thiazole rings is 1. The van der Waals surface area contributed by atoms with Crippen molar-refractivity contribution in [3.63, 3.8) is 0 Å². The number of benzene rings is 2. The molecule has 31 heavy (non-hydrogen) atoms. The molecule has 3 heterocycles. The summed E-state index contributed by atoms with van der Waals surface area (Å²) < 4.78 is 14.3. The van der Waals surface area contributed by atoms with Crippen molar-refractivity contribution in [3.05, 3.63) is 87.4 Å².